The average molecular weight is 605 g/mol. The van der Waals surface area contributed by atoms with Crippen molar-refractivity contribution < 1.29 is 23.8 Å². The molecule has 12 heteroatoms. The zero-order chi connectivity index (χ0) is 29.9. The average Bonchev–Trinajstić information content (AvgIpc) is 3.72. The maximum absolute atomic E-state index is 14.9. The van der Waals surface area contributed by atoms with Gasteiger partial charge in [-0.3, -0.25) is 19.7 Å². The number of nitrogens with zero attached hydrogens (tertiary/aromatic N) is 4. The first-order valence-electron chi connectivity index (χ1n) is 14.3. The SMILES string of the molecule is CN(C(=O)CO)C1CCN(Cc2ccc(-c3cc4nccc(Oc5ccc(NC(=O)NC6CC6)cc5F)c4s3)nc2)CC1. The van der Waals surface area contributed by atoms with Gasteiger partial charge < -0.3 is 25.4 Å². The van der Waals surface area contributed by atoms with Crippen LogP contribution in [0.25, 0.3) is 20.8 Å². The molecule has 1 saturated carbocycles. The number of ether oxygens (including phenoxy) is 1. The van der Waals surface area contributed by atoms with Crippen LogP contribution in [0.15, 0.2) is 54.9 Å². The number of piperidine rings is 1. The molecule has 43 heavy (non-hydrogen) atoms. The Morgan fingerprint density at radius 3 is 2.60 bits per heavy atom. The predicted molar refractivity (Wildman–Crippen MR) is 163 cm³/mol. The summed E-state index contributed by atoms with van der Waals surface area (Å²) in [5.74, 6) is -0.288. The highest BCUT2D eigenvalue weighted by molar-refractivity contribution is 7.22. The third-order valence-corrected chi connectivity index (χ3v) is 8.98. The molecule has 0 spiro atoms. The number of likely N-dealkylation sites (tertiary alicyclic amines) is 1. The van der Waals surface area contributed by atoms with E-state index in [-0.39, 0.29) is 29.8 Å². The van der Waals surface area contributed by atoms with E-state index < -0.39 is 12.4 Å². The molecule has 1 aliphatic carbocycles. The van der Waals surface area contributed by atoms with Crippen LogP contribution in [0.1, 0.15) is 31.2 Å². The first kappa shape index (κ1) is 29.0. The number of amides is 3. The normalized spacial score (nSPS) is 15.8. The van der Waals surface area contributed by atoms with E-state index in [1.54, 1.807) is 30.3 Å². The largest absolute Gasteiger partial charge is 0.453 e. The number of carbonyl (C=O) groups excluding carboxylic acids is 2. The predicted octanol–water partition coefficient (Wildman–Crippen LogP) is 4.99. The van der Waals surface area contributed by atoms with Crippen LogP contribution in [0, 0.1) is 5.82 Å². The number of pyridine rings is 2. The van der Waals surface area contributed by atoms with Gasteiger partial charge in [-0.15, -0.1) is 11.3 Å². The van der Waals surface area contributed by atoms with Gasteiger partial charge in [0.05, 0.1) is 20.8 Å². The molecule has 10 nitrogen and oxygen atoms in total. The van der Waals surface area contributed by atoms with Gasteiger partial charge in [0.25, 0.3) is 0 Å². The molecule has 0 atom stereocenters. The summed E-state index contributed by atoms with van der Waals surface area (Å²) in [6.45, 7) is 2.06. The fraction of sp³-hybridized carbons (Fsp3) is 0.355. The molecule has 0 radical (unpaired) electrons. The number of anilines is 1. The standard InChI is InChI=1S/C31H33FN6O4S/c1-37(29(40)18-39)22-9-12-38(13-10-22)17-19-2-6-24(34-16-19)28-15-25-30(43-28)27(8-11-33-25)42-26-7-5-21(14-23(26)32)36-31(41)35-20-3-4-20/h2,5-8,11,14-16,20,22,39H,3-4,9-10,12-13,17-18H2,1H3,(H2,35,36,41). The number of rotatable bonds is 9. The van der Waals surface area contributed by atoms with Gasteiger partial charge in [-0.05, 0) is 55.5 Å². The van der Waals surface area contributed by atoms with Crippen LogP contribution >= 0.6 is 11.3 Å². The summed E-state index contributed by atoms with van der Waals surface area (Å²) >= 11 is 1.48. The molecule has 4 heterocycles. The van der Waals surface area contributed by atoms with E-state index in [0.29, 0.717) is 11.4 Å². The molecule has 1 saturated heterocycles. The van der Waals surface area contributed by atoms with Gasteiger partial charge in [0.2, 0.25) is 5.91 Å². The minimum atomic E-state index is -0.585. The van der Waals surface area contributed by atoms with Gasteiger partial charge in [0.1, 0.15) is 12.4 Å². The van der Waals surface area contributed by atoms with Crippen molar-refractivity contribution in [3.63, 3.8) is 0 Å². The summed E-state index contributed by atoms with van der Waals surface area (Å²) in [5, 5.41) is 14.6. The van der Waals surface area contributed by atoms with Gasteiger partial charge in [0.15, 0.2) is 11.6 Å². The van der Waals surface area contributed by atoms with E-state index in [9.17, 15) is 14.0 Å². The van der Waals surface area contributed by atoms with Crippen LogP contribution in [0.5, 0.6) is 11.5 Å². The molecule has 2 fully saturated rings. The Morgan fingerprint density at radius 2 is 1.91 bits per heavy atom. The van der Waals surface area contributed by atoms with Crippen molar-refractivity contribution in [1.82, 2.24) is 25.1 Å². The fourth-order valence-corrected chi connectivity index (χ4v) is 6.23. The van der Waals surface area contributed by atoms with Crippen molar-refractivity contribution in [2.24, 2.45) is 0 Å². The number of hydrogen-bond donors (Lipinski definition) is 3. The number of nitrogens with one attached hydrogen (secondary N) is 2. The lowest BCUT2D eigenvalue weighted by molar-refractivity contribution is -0.135. The number of urea groups is 1. The summed E-state index contributed by atoms with van der Waals surface area (Å²) in [6.07, 6.45) is 7.19. The first-order chi connectivity index (χ1) is 20.9. The van der Waals surface area contributed by atoms with Gasteiger partial charge in [-0.1, -0.05) is 6.07 Å². The Morgan fingerprint density at radius 1 is 1.09 bits per heavy atom. The Bertz CT molecular complexity index is 1620. The molecular formula is C31H33FN6O4S. The van der Waals surface area contributed by atoms with E-state index in [1.807, 2.05) is 18.3 Å². The van der Waals surface area contributed by atoms with Crippen molar-refractivity contribution in [3.05, 3.63) is 66.2 Å². The van der Waals surface area contributed by atoms with Gasteiger partial charge >= 0.3 is 6.03 Å². The lowest BCUT2D eigenvalue weighted by atomic mass is 10.0. The number of carbonyl (C=O) groups is 2. The monoisotopic (exact) mass is 604 g/mol. The van der Waals surface area contributed by atoms with Crippen molar-refractivity contribution >= 4 is 39.2 Å². The molecule has 3 amide bonds. The summed E-state index contributed by atoms with van der Waals surface area (Å²) in [7, 11) is 1.76. The molecule has 0 bridgehead atoms. The minimum absolute atomic E-state index is 0.0498. The number of fused-ring (bicyclic) bond motifs is 1. The van der Waals surface area contributed by atoms with Crippen molar-refractivity contribution in [2.75, 3.05) is 32.1 Å². The molecule has 1 aliphatic heterocycles. The molecule has 224 valence electrons. The molecule has 3 N–H and O–H groups in total. The van der Waals surface area contributed by atoms with Gasteiger partial charge in [-0.2, -0.15) is 0 Å². The number of likely N-dealkylation sites (N-methyl/N-ethyl adjacent to an activating group) is 1. The topological polar surface area (TPSA) is 120 Å². The molecule has 1 aromatic carbocycles. The van der Waals surface area contributed by atoms with E-state index in [1.165, 1.54) is 23.5 Å². The summed E-state index contributed by atoms with van der Waals surface area (Å²) < 4.78 is 21.6. The highest BCUT2D eigenvalue weighted by Gasteiger charge is 2.25. The highest BCUT2D eigenvalue weighted by Crippen LogP contribution is 2.39. The number of hydrogen-bond acceptors (Lipinski definition) is 8. The third-order valence-electron chi connectivity index (χ3n) is 7.81. The fourth-order valence-electron chi connectivity index (χ4n) is 5.18. The van der Waals surface area contributed by atoms with Crippen LogP contribution in [0.4, 0.5) is 14.9 Å². The van der Waals surface area contributed by atoms with Crippen LogP contribution in [0.3, 0.4) is 0 Å². The number of aliphatic hydroxyl groups excluding tert-OH is 1. The van der Waals surface area contributed by atoms with Crippen molar-refractivity contribution in [2.45, 2.75) is 44.3 Å². The molecule has 0 unspecified atom stereocenters. The Balaban J connectivity index is 1.09. The smallest absolute Gasteiger partial charge is 0.319 e. The molecule has 2 aliphatic rings. The van der Waals surface area contributed by atoms with Crippen LogP contribution < -0.4 is 15.4 Å². The second-order valence-electron chi connectivity index (χ2n) is 11.0. The Kier molecular flexibility index (Phi) is 8.50. The lowest BCUT2D eigenvalue weighted by Crippen LogP contribution is -2.46. The van der Waals surface area contributed by atoms with Gasteiger partial charge in [0, 0.05) is 69.0 Å². The molecule has 3 aromatic heterocycles. The Hall–Kier alpha value is -4.13. The molecule has 6 rings (SSSR count). The molecule has 4 aromatic rings. The van der Waals surface area contributed by atoms with Crippen LogP contribution in [-0.4, -0.2) is 75.6 Å². The highest BCUT2D eigenvalue weighted by atomic mass is 32.1. The van der Waals surface area contributed by atoms with Crippen molar-refractivity contribution in [1.29, 1.82) is 0 Å². The number of aromatic nitrogens is 2. The summed E-state index contributed by atoms with van der Waals surface area (Å²) in [4.78, 5) is 37.9. The minimum Gasteiger partial charge on any atom is -0.453 e. The van der Waals surface area contributed by atoms with E-state index in [2.05, 4.69) is 26.6 Å². The maximum Gasteiger partial charge on any atom is 0.319 e. The van der Waals surface area contributed by atoms with Gasteiger partial charge in [-0.25, -0.2) is 9.18 Å². The zero-order valence-electron chi connectivity index (χ0n) is 23.8. The second-order valence-corrected chi connectivity index (χ2v) is 12.0. The summed E-state index contributed by atoms with van der Waals surface area (Å²) in [6, 6.07) is 12.1. The van der Waals surface area contributed by atoms with Crippen molar-refractivity contribution in [3.8, 4) is 22.1 Å². The maximum atomic E-state index is 14.9. The molecular weight excluding hydrogens is 571 g/mol. The Labute approximate surface area is 252 Å². The van der Waals surface area contributed by atoms with E-state index in [4.69, 9.17) is 14.8 Å². The number of aliphatic hydroxyl groups is 1. The third kappa shape index (κ3) is 6.93. The second kappa shape index (κ2) is 12.6. The zero-order valence-corrected chi connectivity index (χ0v) is 24.6. The summed E-state index contributed by atoms with van der Waals surface area (Å²) in [5.41, 5.74) is 2.99. The van der Waals surface area contributed by atoms with Crippen LogP contribution in [0.2, 0.25) is 0 Å². The number of halogens is 1. The van der Waals surface area contributed by atoms with Crippen LogP contribution in [-0.2, 0) is 11.3 Å². The number of thiophene rings is 1. The first-order valence-corrected chi connectivity index (χ1v) is 15.2. The van der Waals surface area contributed by atoms with E-state index >= 15 is 0 Å². The van der Waals surface area contributed by atoms with E-state index in [0.717, 1.165) is 71.7 Å². The lowest BCUT2D eigenvalue weighted by Gasteiger charge is -2.36. The quantitative estimate of drug-likeness (QED) is 0.246. The number of benzene rings is 1.